The fraction of sp³-hybridized carbons (Fsp3) is 0.500. The van der Waals surface area contributed by atoms with Gasteiger partial charge in [0.25, 0.3) is 11.8 Å². The molecule has 37 heavy (non-hydrogen) atoms. The van der Waals surface area contributed by atoms with E-state index < -0.39 is 11.9 Å². The summed E-state index contributed by atoms with van der Waals surface area (Å²) in [6, 6.07) is 7.21. The SMILES string of the molecule is CC(C)CN(C1CCC1)[C@H](CNC(=O)c1ccc(Cl)s1)C(=O)Nc1ccc(N2CCOCC2=O)c(F)c1. The summed E-state index contributed by atoms with van der Waals surface area (Å²) < 4.78 is 20.6. The van der Waals surface area contributed by atoms with E-state index in [1.54, 1.807) is 18.2 Å². The second kappa shape index (κ2) is 12.3. The lowest BCUT2D eigenvalue weighted by atomic mass is 9.89. The summed E-state index contributed by atoms with van der Waals surface area (Å²) in [6.07, 6.45) is 3.07. The Kier molecular flexibility index (Phi) is 9.17. The molecule has 0 unspecified atom stereocenters. The number of amides is 3. The van der Waals surface area contributed by atoms with E-state index in [-0.39, 0.29) is 54.8 Å². The number of morpholine rings is 1. The van der Waals surface area contributed by atoms with Crippen molar-refractivity contribution in [2.24, 2.45) is 5.92 Å². The summed E-state index contributed by atoms with van der Waals surface area (Å²) in [5, 5.41) is 5.71. The van der Waals surface area contributed by atoms with E-state index in [0.29, 0.717) is 28.3 Å². The molecule has 1 aromatic heterocycles. The first-order valence-corrected chi connectivity index (χ1v) is 13.7. The largest absolute Gasteiger partial charge is 0.370 e. The molecule has 1 saturated carbocycles. The van der Waals surface area contributed by atoms with Crippen LogP contribution in [0.5, 0.6) is 0 Å². The van der Waals surface area contributed by atoms with Crippen molar-refractivity contribution < 1.29 is 23.5 Å². The molecule has 1 saturated heterocycles. The monoisotopic (exact) mass is 550 g/mol. The van der Waals surface area contributed by atoms with Gasteiger partial charge in [0.1, 0.15) is 18.5 Å². The van der Waals surface area contributed by atoms with Gasteiger partial charge in [0.05, 0.1) is 21.5 Å². The van der Waals surface area contributed by atoms with Gasteiger partial charge in [-0.1, -0.05) is 31.9 Å². The fourth-order valence-electron chi connectivity index (χ4n) is 4.55. The highest BCUT2D eigenvalue weighted by atomic mass is 35.5. The number of carbonyl (C=O) groups excluding carboxylic acids is 3. The first-order chi connectivity index (χ1) is 17.7. The van der Waals surface area contributed by atoms with Crippen molar-refractivity contribution in [3.05, 3.63) is 45.4 Å². The maximum atomic E-state index is 15.0. The molecule has 1 aromatic carbocycles. The van der Waals surface area contributed by atoms with Gasteiger partial charge in [0.2, 0.25) is 5.91 Å². The molecule has 3 amide bonds. The Bertz CT molecular complexity index is 1140. The van der Waals surface area contributed by atoms with Crippen LogP contribution in [0.15, 0.2) is 30.3 Å². The highest BCUT2D eigenvalue weighted by Gasteiger charge is 2.35. The Balaban J connectivity index is 1.51. The quantitative estimate of drug-likeness (QED) is 0.464. The number of anilines is 2. The van der Waals surface area contributed by atoms with E-state index in [1.807, 2.05) is 0 Å². The van der Waals surface area contributed by atoms with Crippen LogP contribution >= 0.6 is 22.9 Å². The predicted molar refractivity (Wildman–Crippen MR) is 143 cm³/mol. The maximum Gasteiger partial charge on any atom is 0.261 e. The number of halogens is 2. The van der Waals surface area contributed by atoms with Gasteiger partial charge in [-0.05, 0) is 49.1 Å². The number of carbonyl (C=O) groups is 3. The lowest BCUT2D eigenvalue weighted by molar-refractivity contribution is -0.126. The first-order valence-electron chi connectivity index (χ1n) is 12.5. The molecule has 1 aliphatic carbocycles. The van der Waals surface area contributed by atoms with Crippen LogP contribution in [0.2, 0.25) is 4.34 Å². The van der Waals surface area contributed by atoms with Crippen molar-refractivity contribution in [1.82, 2.24) is 10.2 Å². The molecule has 2 N–H and O–H groups in total. The van der Waals surface area contributed by atoms with E-state index in [2.05, 4.69) is 29.4 Å². The van der Waals surface area contributed by atoms with Gasteiger partial charge in [-0.25, -0.2) is 4.39 Å². The molecule has 0 spiro atoms. The van der Waals surface area contributed by atoms with Crippen molar-refractivity contribution in [3.8, 4) is 0 Å². The maximum absolute atomic E-state index is 15.0. The van der Waals surface area contributed by atoms with Crippen LogP contribution in [-0.4, -0.2) is 67.6 Å². The van der Waals surface area contributed by atoms with Crippen LogP contribution in [0.1, 0.15) is 42.8 Å². The molecule has 8 nitrogen and oxygen atoms in total. The van der Waals surface area contributed by atoms with Gasteiger partial charge in [-0.3, -0.25) is 19.3 Å². The Hall–Kier alpha value is -2.53. The molecule has 2 fully saturated rings. The summed E-state index contributed by atoms with van der Waals surface area (Å²) in [5.41, 5.74) is 0.437. The Morgan fingerprint density at radius 3 is 2.65 bits per heavy atom. The van der Waals surface area contributed by atoms with Gasteiger partial charge < -0.3 is 20.3 Å². The minimum absolute atomic E-state index is 0.0874. The molecule has 11 heteroatoms. The van der Waals surface area contributed by atoms with E-state index in [0.717, 1.165) is 19.3 Å². The van der Waals surface area contributed by atoms with E-state index >= 15 is 0 Å². The van der Waals surface area contributed by atoms with Crippen molar-refractivity contribution in [2.75, 3.05) is 43.1 Å². The summed E-state index contributed by atoms with van der Waals surface area (Å²) in [7, 11) is 0. The van der Waals surface area contributed by atoms with Crippen LogP contribution in [0.25, 0.3) is 0 Å². The molecule has 200 valence electrons. The molecule has 2 heterocycles. The summed E-state index contributed by atoms with van der Waals surface area (Å²) in [6.45, 7) is 5.49. The number of thiophene rings is 1. The minimum atomic E-state index is -0.643. The zero-order chi connectivity index (χ0) is 26.5. The third kappa shape index (κ3) is 6.87. The number of nitrogens with zero attached hydrogens (tertiary/aromatic N) is 2. The highest BCUT2D eigenvalue weighted by molar-refractivity contribution is 7.18. The van der Waals surface area contributed by atoms with E-state index in [1.165, 1.54) is 28.4 Å². The van der Waals surface area contributed by atoms with Crippen molar-refractivity contribution >= 4 is 52.0 Å². The van der Waals surface area contributed by atoms with Gasteiger partial charge in [-0.2, -0.15) is 0 Å². The molecule has 0 radical (unpaired) electrons. The Labute approximate surface area is 225 Å². The van der Waals surface area contributed by atoms with Crippen LogP contribution in [0.4, 0.5) is 15.8 Å². The molecule has 4 rings (SSSR count). The standard InChI is InChI=1S/C26H32ClFN4O4S/c1-16(2)14-32(18-4-3-5-18)21(13-29-26(35)22-8-9-23(27)37-22)25(34)30-17-6-7-20(19(28)12-17)31-10-11-36-15-24(31)33/h6-9,12,16,18,21H,3-5,10-11,13-15H2,1-2H3,(H,29,35)(H,30,34)/t21-/m1/s1. The van der Waals surface area contributed by atoms with E-state index in [9.17, 15) is 18.8 Å². The zero-order valence-corrected chi connectivity index (χ0v) is 22.5. The number of nitrogens with one attached hydrogen (secondary N) is 2. The molecule has 1 atom stereocenters. The third-order valence-corrected chi connectivity index (χ3v) is 7.80. The van der Waals surface area contributed by atoms with E-state index in [4.69, 9.17) is 16.3 Å². The van der Waals surface area contributed by atoms with Crippen LogP contribution in [0.3, 0.4) is 0 Å². The Morgan fingerprint density at radius 1 is 1.27 bits per heavy atom. The van der Waals surface area contributed by atoms with Crippen LogP contribution in [0, 0.1) is 11.7 Å². The minimum Gasteiger partial charge on any atom is -0.370 e. The lowest BCUT2D eigenvalue weighted by Gasteiger charge is -2.42. The van der Waals surface area contributed by atoms with Gasteiger partial charge in [0.15, 0.2) is 0 Å². The van der Waals surface area contributed by atoms with Crippen LogP contribution in [-0.2, 0) is 14.3 Å². The number of hydrogen-bond donors (Lipinski definition) is 2. The van der Waals surface area contributed by atoms with Crippen molar-refractivity contribution in [3.63, 3.8) is 0 Å². The van der Waals surface area contributed by atoms with Gasteiger partial charge in [0, 0.05) is 31.4 Å². The second-order valence-corrected chi connectivity index (χ2v) is 11.5. The molecule has 2 aliphatic rings. The van der Waals surface area contributed by atoms with Gasteiger partial charge in [-0.15, -0.1) is 11.3 Å². The normalized spacial score (nSPS) is 17.1. The molecule has 0 bridgehead atoms. The Morgan fingerprint density at radius 2 is 2.05 bits per heavy atom. The molecule has 2 aromatic rings. The lowest BCUT2D eigenvalue weighted by Crippen LogP contribution is -2.57. The van der Waals surface area contributed by atoms with Crippen molar-refractivity contribution in [2.45, 2.75) is 45.2 Å². The molecular weight excluding hydrogens is 519 g/mol. The number of ether oxygens (including phenoxy) is 1. The highest BCUT2D eigenvalue weighted by Crippen LogP contribution is 2.29. The number of benzene rings is 1. The summed E-state index contributed by atoms with van der Waals surface area (Å²) in [5.74, 6) is -1.23. The number of hydrogen-bond acceptors (Lipinski definition) is 6. The first kappa shape index (κ1) is 27.5. The average Bonchev–Trinajstić information content (AvgIpc) is 3.25. The smallest absolute Gasteiger partial charge is 0.261 e. The number of rotatable bonds is 10. The third-order valence-electron chi connectivity index (χ3n) is 6.57. The molecule has 1 aliphatic heterocycles. The van der Waals surface area contributed by atoms with Gasteiger partial charge >= 0.3 is 0 Å². The van der Waals surface area contributed by atoms with Crippen molar-refractivity contribution in [1.29, 1.82) is 0 Å². The predicted octanol–water partition coefficient (Wildman–Crippen LogP) is 4.15. The average molecular weight is 551 g/mol. The second-order valence-electron chi connectivity index (χ2n) is 9.76. The van der Waals surface area contributed by atoms with Crippen LogP contribution < -0.4 is 15.5 Å². The summed E-state index contributed by atoms with van der Waals surface area (Å²) in [4.78, 5) is 42.3. The fourth-order valence-corrected chi connectivity index (χ4v) is 5.51. The summed E-state index contributed by atoms with van der Waals surface area (Å²) >= 11 is 7.15. The molecular formula is C26H32ClFN4O4S. The topological polar surface area (TPSA) is 91.0 Å². The zero-order valence-electron chi connectivity index (χ0n) is 21.0.